The monoisotopic (exact) mass is 365 g/mol. The predicted octanol–water partition coefficient (Wildman–Crippen LogP) is 4.05. The highest BCUT2D eigenvalue weighted by Crippen LogP contribution is 2.29. The zero-order valence-electron chi connectivity index (χ0n) is 16.7. The van der Waals surface area contributed by atoms with E-state index in [-0.39, 0.29) is 18.1 Å². The van der Waals surface area contributed by atoms with Crippen molar-refractivity contribution >= 4 is 5.91 Å². The first-order valence-corrected chi connectivity index (χ1v) is 10.8. The van der Waals surface area contributed by atoms with Crippen LogP contribution in [0.3, 0.4) is 0 Å². The fourth-order valence-corrected chi connectivity index (χ4v) is 4.67. The zero-order valence-corrected chi connectivity index (χ0v) is 16.7. The van der Waals surface area contributed by atoms with Crippen LogP contribution in [0.2, 0.25) is 0 Å². The average molecular weight is 366 g/mol. The van der Waals surface area contributed by atoms with Crippen LogP contribution in [0.5, 0.6) is 0 Å². The molecular weight excluding hydrogens is 326 g/mol. The number of rotatable bonds is 9. The van der Waals surface area contributed by atoms with Crippen molar-refractivity contribution in [3.05, 3.63) is 12.2 Å². The Morgan fingerprint density at radius 3 is 1.62 bits per heavy atom. The molecule has 0 aromatic heterocycles. The first kappa shape index (κ1) is 21.4. The van der Waals surface area contributed by atoms with Gasteiger partial charge in [-0.25, -0.2) is 0 Å². The van der Waals surface area contributed by atoms with E-state index in [1.165, 1.54) is 38.5 Å². The van der Waals surface area contributed by atoms with Gasteiger partial charge in [-0.2, -0.15) is 0 Å². The van der Waals surface area contributed by atoms with E-state index in [0.29, 0.717) is 43.3 Å². The van der Waals surface area contributed by atoms with Crippen molar-refractivity contribution in [1.29, 1.82) is 0 Å². The lowest BCUT2D eigenvalue weighted by Gasteiger charge is -2.31. The zero-order chi connectivity index (χ0) is 18.9. The van der Waals surface area contributed by atoms with Crippen LogP contribution in [0, 0.1) is 11.8 Å². The number of amides is 1. The number of hydrogen-bond donors (Lipinski definition) is 2. The van der Waals surface area contributed by atoms with Gasteiger partial charge in [-0.05, 0) is 57.3 Å². The number of carbonyl (C=O) groups is 1. The van der Waals surface area contributed by atoms with Gasteiger partial charge < -0.3 is 15.1 Å². The molecule has 2 atom stereocenters. The van der Waals surface area contributed by atoms with Crippen LogP contribution in [-0.2, 0) is 4.79 Å². The Kier molecular flexibility index (Phi) is 9.13. The Bertz CT molecular complexity index is 411. The van der Waals surface area contributed by atoms with Gasteiger partial charge in [-0.3, -0.25) is 4.79 Å². The molecule has 0 heterocycles. The van der Waals surface area contributed by atoms with Crippen LogP contribution in [0.15, 0.2) is 12.2 Å². The smallest absolute Gasteiger partial charge is 0.248 e. The van der Waals surface area contributed by atoms with Crippen LogP contribution < -0.4 is 0 Å². The molecule has 4 nitrogen and oxygen atoms in total. The Balaban J connectivity index is 1.82. The SMILES string of the molecule is C=C(C)C(=O)N(CCC(O)C1CCCCC1)CCC(O)C1CCCCC1. The van der Waals surface area contributed by atoms with Gasteiger partial charge in [0.1, 0.15) is 0 Å². The highest BCUT2D eigenvalue weighted by Gasteiger charge is 2.25. The molecule has 2 aliphatic carbocycles. The summed E-state index contributed by atoms with van der Waals surface area (Å²) >= 11 is 0. The van der Waals surface area contributed by atoms with E-state index in [9.17, 15) is 15.0 Å². The summed E-state index contributed by atoms with van der Waals surface area (Å²) in [7, 11) is 0. The number of nitrogens with zero attached hydrogens (tertiary/aromatic N) is 1. The van der Waals surface area contributed by atoms with Crippen molar-refractivity contribution in [2.24, 2.45) is 11.8 Å². The summed E-state index contributed by atoms with van der Waals surface area (Å²) in [4.78, 5) is 14.3. The maximum Gasteiger partial charge on any atom is 0.248 e. The van der Waals surface area contributed by atoms with Gasteiger partial charge in [0.2, 0.25) is 5.91 Å². The molecule has 0 bridgehead atoms. The molecule has 0 aromatic carbocycles. The van der Waals surface area contributed by atoms with Crippen LogP contribution in [0.4, 0.5) is 0 Å². The lowest BCUT2D eigenvalue weighted by molar-refractivity contribution is -0.128. The van der Waals surface area contributed by atoms with E-state index in [2.05, 4.69) is 6.58 Å². The van der Waals surface area contributed by atoms with E-state index in [1.54, 1.807) is 11.8 Å². The Hall–Kier alpha value is -0.870. The maximum absolute atomic E-state index is 12.5. The number of aliphatic hydroxyl groups excluding tert-OH is 2. The predicted molar refractivity (Wildman–Crippen MR) is 106 cm³/mol. The van der Waals surface area contributed by atoms with E-state index < -0.39 is 0 Å². The van der Waals surface area contributed by atoms with Gasteiger partial charge in [-0.1, -0.05) is 45.1 Å². The molecule has 1 amide bonds. The van der Waals surface area contributed by atoms with Crippen LogP contribution in [0.25, 0.3) is 0 Å². The van der Waals surface area contributed by atoms with E-state index in [0.717, 1.165) is 25.7 Å². The molecule has 2 unspecified atom stereocenters. The van der Waals surface area contributed by atoms with Crippen molar-refractivity contribution in [3.63, 3.8) is 0 Å². The second kappa shape index (κ2) is 11.1. The summed E-state index contributed by atoms with van der Waals surface area (Å²) in [5.41, 5.74) is 0.532. The third-order valence-corrected chi connectivity index (χ3v) is 6.43. The normalized spacial score (nSPS) is 22.0. The number of hydrogen-bond acceptors (Lipinski definition) is 3. The third-order valence-electron chi connectivity index (χ3n) is 6.43. The minimum atomic E-state index is -0.320. The van der Waals surface area contributed by atoms with Crippen molar-refractivity contribution < 1.29 is 15.0 Å². The minimum Gasteiger partial charge on any atom is -0.393 e. The van der Waals surface area contributed by atoms with Crippen molar-refractivity contribution in [1.82, 2.24) is 4.90 Å². The van der Waals surface area contributed by atoms with Crippen molar-refractivity contribution in [3.8, 4) is 0 Å². The molecule has 0 aromatic rings. The highest BCUT2D eigenvalue weighted by atomic mass is 16.3. The molecular formula is C22H39NO3. The lowest BCUT2D eigenvalue weighted by Crippen LogP contribution is -2.38. The van der Waals surface area contributed by atoms with Gasteiger partial charge in [-0.15, -0.1) is 0 Å². The second-order valence-corrected chi connectivity index (χ2v) is 8.58. The summed E-state index contributed by atoms with van der Waals surface area (Å²) in [6.07, 6.45) is 12.5. The van der Waals surface area contributed by atoms with Crippen LogP contribution in [0.1, 0.15) is 84.0 Å². The largest absolute Gasteiger partial charge is 0.393 e. The summed E-state index contributed by atoms with van der Waals surface area (Å²) in [6, 6.07) is 0. The molecule has 2 rings (SSSR count). The van der Waals surface area contributed by atoms with E-state index >= 15 is 0 Å². The van der Waals surface area contributed by atoms with Gasteiger partial charge in [0.05, 0.1) is 12.2 Å². The molecule has 2 N–H and O–H groups in total. The first-order valence-electron chi connectivity index (χ1n) is 10.8. The van der Waals surface area contributed by atoms with Gasteiger partial charge in [0, 0.05) is 18.7 Å². The lowest BCUT2D eigenvalue weighted by atomic mass is 9.84. The summed E-state index contributed by atoms with van der Waals surface area (Å²) < 4.78 is 0. The first-order chi connectivity index (χ1) is 12.5. The molecule has 0 aliphatic heterocycles. The highest BCUT2D eigenvalue weighted by molar-refractivity contribution is 5.92. The second-order valence-electron chi connectivity index (χ2n) is 8.58. The fourth-order valence-electron chi connectivity index (χ4n) is 4.67. The quantitative estimate of drug-likeness (QED) is 0.606. The number of aliphatic hydroxyl groups is 2. The van der Waals surface area contributed by atoms with Gasteiger partial charge in [0.15, 0.2) is 0 Å². The molecule has 2 fully saturated rings. The molecule has 2 aliphatic rings. The molecule has 0 radical (unpaired) electrons. The Labute approximate surface area is 159 Å². The third kappa shape index (κ3) is 6.70. The number of carbonyl (C=O) groups excluding carboxylic acids is 1. The molecule has 150 valence electrons. The standard InChI is InChI=1S/C22H39NO3/c1-17(2)22(26)23(15-13-20(24)18-9-5-3-6-10-18)16-14-21(25)19-11-7-4-8-12-19/h18-21,24-25H,1,3-16H2,2H3. The summed E-state index contributed by atoms with van der Waals surface area (Å²) in [5, 5.41) is 21.0. The van der Waals surface area contributed by atoms with Gasteiger partial charge in [0.25, 0.3) is 0 Å². The van der Waals surface area contributed by atoms with Crippen molar-refractivity contribution in [2.45, 2.75) is 96.2 Å². The fraction of sp³-hybridized carbons (Fsp3) is 0.864. The molecule has 0 spiro atoms. The van der Waals surface area contributed by atoms with E-state index in [1.807, 2.05) is 0 Å². The summed E-state index contributed by atoms with van der Waals surface area (Å²) in [6.45, 7) is 6.65. The molecule has 4 heteroatoms. The maximum atomic E-state index is 12.5. The van der Waals surface area contributed by atoms with Crippen LogP contribution in [-0.4, -0.2) is 46.3 Å². The molecule has 0 saturated heterocycles. The van der Waals surface area contributed by atoms with E-state index in [4.69, 9.17) is 0 Å². The Morgan fingerprint density at radius 2 is 1.27 bits per heavy atom. The molecule has 2 saturated carbocycles. The minimum absolute atomic E-state index is 0.0447. The topological polar surface area (TPSA) is 60.8 Å². The average Bonchev–Trinajstić information content (AvgIpc) is 2.68. The van der Waals surface area contributed by atoms with Crippen LogP contribution >= 0.6 is 0 Å². The molecule has 26 heavy (non-hydrogen) atoms. The van der Waals surface area contributed by atoms with Gasteiger partial charge >= 0.3 is 0 Å². The summed E-state index contributed by atoms with van der Waals surface area (Å²) in [5.74, 6) is 0.730. The Morgan fingerprint density at radius 1 is 0.885 bits per heavy atom. The van der Waals surface area contributed by atoms with Crippen molar-refractivity contribution in [2.75, 3.05) is 13.1 Å².